The summed E-state index contributed by atoms with van der Waals surface area (Å²) in [6.45, 7) is 1.94. The molecule has 2 aromatic rings. The van der Waals surface area contributed by atoms with Crippen molar-refractivity contribution in [3.8, 4) is 0 Å². The molecule has 2 heteroatoms. The van der Waals surface area contributed by atoms with Crippen LogP contribution in [0.3, 0.4) is 0 Å². The van der Waals surface area contributed by atoms with E-state index in [2.05, 4.69) is 24.3 Å². The van der Waals surface area contributed by atoms with E-state index in [1.807, 2.05) is 25.1 Å². The first-order chi connectivity index (χ1) is 10.2. The Balaban J connectivity index is 1.85. The van der Waals surface area contributed by atoms with Crippen molar-refractivity contribution in [3.63, 3.8) is 0 Å². The number of benzene rings is 2. The van der Waals surface area contributed by atoms with Crippen molar-refractivity contribution >= 4 is 17.4 Å². The molecule has 1 aliphatic carbocycles. The first kappa shape index (κ1) is 14.3. The molecular weight excluding hydrogens is 280 g/mol. The highest BCUT2D eigenvalue weighted by molar-refractivity contribution is 6.34. The van der Waals surface area contributed by atoms with Gasteiger partial charge in [-0.25, -0.2) is 0 Å². The summed E-state index contributed by atoms with van der Waals surface area (Å²) in [6, 6.07) is 14.2. The minimum atomic E-state index is 0.158. The van der Waals surface area contributed by atoms with Crippen molar-refractivity contribution in [2.24, 2.45) is 0 Å². The van der Waals surface area contributed by atoms with E-state index in [0.717, 1.165) is 24.8 Å². The number of Topliss-reactive ketones (excluding diaryl/α,β-unsaturated/α-hetero) is 1. The quantitative estimate of drug-likeness (QED) is 0.699. The molecule has 0 bridgehead atoms. The number of halogens is 1. The molecule has 0 spiro atoms. The van der Waals surface area contributed by atoms with Crippen LogP contribution < -0.4 is 0 Å². The second kappa shape index (κ2) is 6.03. The average Bonchev–Trinajstić information content (AvgIpc) is 2.50. The Hall–Kier alpha value is -1.60. The van der Waals surface area contributed by atoms with Crippen LogP contribution in [0, 0.1) is 6.92 Å². The second-order valence-corrected chi connectivity index (χ2v) is 6.23. The first-order valence-corrected chi connectivity index (χ1v) is 7.90. The SMILES string of the molecule is Cc1cccc(C(=O)CC2CCCc3ccccc32)c1Cl. The third-order valence-electron chi connectivity index (χ3n) is 4.42. The maximum absolute atomic E-state index is 12.6. The van der Waals surface area contributed by atoms with E-state index in [1.165, 1.54) is 11.1 Å². The molecule has 0 saturated carbocycles. The zero-order valence-electron chi connectivity index (χ0n) is 12.2. The molecule has 108 valence electrons. The number of rotatable bonds is 3. The van der Waals surface area contributed by atoms with Gasteiger partial charge in [0, 0.05) is 12.0 Å². The van der Waals surface area contributed by atoms with Gasteiger partial charge in [-0.1, -0.05) is 48.0 Å². The number of hydrogen-bond donors (Lipinski definition) is 0. The van der Waals surface area contributed by atoms with Gasteiger partial charge >= 0.3 is 0 Å². The average molecular weight is 299 g/mol. The Morgan fingerprint density at radius 3 is 2.86 bits per heavy atom. The molecule has 0 heterocycles. The molecule has 1 atom stereocenters. The fourth-order valence-corrected chi connectivity index (χ4v) is 3.49. The molecule has 0 radical (unpaired) electrons. The van der Waals surface area contributed by atoms with Crippen molar-refractivity contribution in [2.75, 3.05) is 0 Å². The fraction of sp³-hybridized carbons (Fsp3) is 0.316. The lowest BCUT2D eigenvalue weighted by Crippen LogP contribution is -2.14. The van der Waals surface area contributed by atoms with Gasteiger partial charge in [0.25, 0.3) is 0 Å². The van der Waals surface area contributed by atoms with Gasteiger partial charge < -0.3 is 0 Å². The number of ketones is 1. The Labute approximate surface area is 131 Å². The lowest BCUT2D eigenvalue weighted by Gasteiger charge is -2.25. The molecule has 1 nitrogen and oxygen atoms in total. The number of fused-ring (bicyclic) bond motifs is 1. The highest BCUT2D eigenvalue weighted by Gasteiger charge is 2.23. The van der Waals surface area contributed by atoms with Crippen molar-refractivity contribution in [1.82, 2.24) is 0 Å². The van der Waals surface area contributed by atoms with Gasteiger partial charge in [-0.3, -0.25) is 4.79 Å². The molecular formula is C19H19ClO. The van der Waals surface area contributed by atoms with Crippen LogP contribution in [-0.2, 0) is 6.42 Å². The van der Waals surface area contributed by atoms with Gasteiger partial charge in [0.2, 0.25) is 0 Å². The summed E-state index contributed by atoms with van der Waals surface area (Å²) in [5, 5.41) is 0.603. The van der Waals surface area contributed by atoms with E-state index in [1.54, 1.807) is 0 Å². The van der Waals surface area contributed by atoms with Crippen LogP contribution in [-0.4, -0.2) is 5.78 Å². The molecule has 0 aliphatic heterocycles. The molecule has 0 saturated heterocycles. The summed E-state index contributed by atoms with van der Waals surface area (Å²) in [6.07, 6.45) is 3.94. The van der Waals surface area contributed by atoms with Gasteiger partial charge in [0.1, 0.15) is 0 Å². The maximum Gasteiger partial charge on any atom is 0.164 e. The number of hydrogen-bond acceptors (Lipinski definition) is 1. The zero-order valence-corrected chi connectivity index (χ0v) is 13.0. The largest absolute Gasteiger partial charge is 0.294 e. The molecule has 3 rings (SSSR count). The molecule has 1 aliphatic rings. The Kier molecular flexibility index (Phi) is 4.12. The fourth-order valence-electron chi connectivity index (χ4n) is 3.26. The van der Waals surface area contributed by atoms with Gasteiger partial charge in [-0.2, -0.15) is 0 Å². The van der Waals surface area contributed by atoms with Crippen LogP contribution >= 0.6 is 11.6 Å². The van der Waals surface area contributed by atoms with Crippen LogP contribution in [0.4, 0.5) is 0 Å². The Morgan fingerprint density at radius 2 is 2.00 bits per heavy atom. The van der Waals surface area contributed by atoms with E-state index < -0.39 is 0 Å². The predicted molar refractivity (Wildman–Crippen MR) is 87.3 cm³/mol. The molecule has 1 unspecified atom stereocenters. The molecule has 0 amide bonds. The maximum atomic E-state index is 12.6. The first-order valence-electron chi connectivity index (χ1n) is 7.53. The molecule has 0 aromatic heterocycles. The molecule has 21 heavy (non-hydrogen) atoms. The summed E-state index contributed by atoms with van der Waals surface area (Å²) in [5.41, 5.74) is 4.38. The van der Waals surface area contributed by atoms with E-state index in [0.29, 0.717) is 22.9 Å². The highest BCUT2D eigenvalue weighted by Crippen LogP contribution is 2.35. The molecule has 0 fully saturated rings. The smallest absolute Gasteiger partial charge is 0.164 e. The van der Waals surface area contributed by atoms with Crippen LogP contribution in [0.1, 0.15) is 52.2 Å². The summed E-state index contributed by atoms with van der Waals surface area (Å²) >= 11 is 6.29. The highest BCUT2D eigenvalue weighted by atomic mass is 35.5. The van der Waals surface area contributed by atoms with Crippen molar-refractivity contribution < 1.29 is 4.79 Å². The predicted octanol–water partition coefficient (Wildman–Crippen LogP) is 5.34. The summed E-state index contributed by atoms with van der Waals surface area (Å²) in [5.74, 6) is 0.490. The third kappa shape index (κ3) is 2.89. The number of carbonyl (C=O) groups is 1. The Bertz CT molecular complexity index is 675. The van der Waals surface area contributed by atoms with Crippen molar-refractivity contribution in [3.05, 3.63) is 69.7 Å². The summed E-state index contributed by atoms with van der Waals surface area (Å²) in [4.78, 5) is 12.6. The van der Waals surface area contributed by atoms with Gasteiger partial charge in [-0.15, -0.1) is 0 Å². The second-order valence-electron chi connectivity index (χ2n) is 5.85. The summed E-state index contributed by atoms with van der Waals surface area (Å²) < 4.78 is 0. The lowest BCUT2D eigenvalue weighted by atomic mass is 9.79. The van der Waals surface area contributed by atoms with Crippen LogP contribution in [0.2, 0.25) is 5.02 Å². The van der Waals surface area contributed by atoms with Crippen molar-refractivity contribution in [1.29, 1.82) is 0 Å². The zero-order chi connectivity index (χ0) is 14.8. The number of aryl methyl sites for hydroxylation is 2. The van der Waals surface area contributed by atoms with E-state index >= 15 is 0 Å². The molecule has 0 N–H and O–H groups in total. The topological polar surface area (TPSA) is 17.1 Å². The van der Waals surface area contributed by atoms with Gasteiger partial charge in [-0.05, 0) is 54.9 Å². The van der Waals surface area contributed by atoms with Crippen LogP contribution in [0.15, 0.2) is 42.5 Å². The number of carbonyl (C=O) groups excluding carboxylic acids is 1. The van der Waals surface area contributed by atoms with Gasteiger partial charge in [0.15, 0.2) is 5.78 Å². The van der Waals surface area contributed by atoms with Crippen molar-refractivity contribution in [2.45, 2.75) is 38.5 Å². The monoisotopic (exact) mass is 298 g/mol. The standard InChI is InChI=1S/C19H19ClO/c1-13-6-4-11-17(19(13)20)18(21)12-15-9-5-8-14-7-2-3-10-16(14)15/h2-4,6-7,10-11,15H,5,8-9,12H2,1H3. The third-order valence-corrected chi connectivity index (χ3v) is 4.92. The van der Waals surface area contributed by atoms with E-state index in [-0.39, 0.29) is 5.78 Å². The summed E-state index contributed by atoms with van der Waals surface area (Å²) in [7, 11) is 0. The lowest BCUT2D eigenvalue weighted by molar-refractivity contribution is 0.0971. The minimum Gasteiger partial charge on any atom is -0.294 e. The Morgan fingerprint density at radius 1 is 1.19 bits per heavy atom. The van der Waals surface area contributed by atoms with Crippen LogP contribution in [0.25, 0.3) is 0 Å². The minimum absolute atomic E-state index is 0.158. The van der Waals surface area contributed by atoms with Crippen LogP contribution in [0.5, 0.6) is 0 Å². The van der Waals surface area contributed by atoms with Gasteiger partial charge in [0.05, 0.1) is 5.02 Å². The van der Waals surface area contributed by atoms with E-state index in [4.69, 9.17) is 11.6 Å². The molecule has 2 aromatic carbocycles. The normalized spacial score (nSPS) is 17.3. The van der Waals surface area contributed by atoms with E-state index in [9.17, 15) is 4.79 Å².